The molecular formula is C18H18O. The molecule has 3 rings (SSSR count). The third-order valence-corrected chi connectivity index (χ3v) is 3.79. The van der Waals surface area contributed by atoms with Crippen LogP contribution in [0.4, 0.5) is 0 Å². The summed E-state index contributed by atoms with van der Waals surface area (Å²) in [5, 5.41) is 0. The Morgan fingerprint density at radius 3 is 2.53 bits per heavy atom. The Morgan fingerprint density at radius 1 is 1.00 bits per heavy atom. The molecule has 1 nitrogen and oxygen atoms in total. The Morgan fingerprint density at radius 2 is 1.79 bits per heavy atom. The molecule has 96 valence electrons. The van der Waals surface area contributed by atoms with Crippen LogP contribution >= 0.6 is 0 Å². The molecule has 0 aliphatic heterocycles. The van der Waals surface area contributed by atoms with E-state index < -0.39 is 0 Å². The Labute approximate surface area is 114 Å². The minimum atomic E-state index is 0.377. The topological polar surface area (TPSA) is 9.23 Å². The molecule has 0 N–H and O–H groups in total. The van der Waals surface area contributed by atoms with Crippen LogP contribution in [0.5, 0.6) is 0 Å². The fraction of sp³-hybridized carbons (Fsp3) is 0.222. The molecule has 2 aromatic rings. The minimum Gasteiger partial charge on any atom is -0.380 e. The number of allylic oxidation sites excluding steroid dienone is 1. The molecule has 0 fully saturated rings. The van der Waals surface area contributed by atoms with Crippen molar-refractivity contribution in [3.63, 3.8) is 0 Å². The molecule has 1 atom stereocenters. The highest BCUT2D eigenvalue weighted by atomic mass is 16.5. The smallest absolute Gasteiger partial charge is 0.0716 e. The van der Waals surface area contributed by atoms with Gasteiger partial charge in [0.05, 0.1) is 6.61 Å². The van der Waals surface area contributed by atoms with Crippen molar-refractivity contribution in [2.75, 3.05) is 7.11 Å². The first-order chi connectivity index (χ1) is 9.31. The molecule has 1 heteroatoms. The number of fused-ring (bicyclic) bond motifs is 1. The normalized spacial score (nSPS) is 17.2. The zero-order valence-electron chi connectivity index (χ0n) is 11.4. The molecule has 2 aromatic carbocycles. The van der Waals surface area contributed by atoms with Crippen LogP contribution in [0.25, 0.3) is 6.08 Å². The second-order valence-corrected chi connectivity index (χ2v) is 5.09. The summed E-state index contributed by atoms with van der Waals surface area (Å²) in [4.78, 5) is 0. The summed E-state index contributed by atoms with van der Waals surface area (Å²) in [6.07, 6.45) is 2.30. The van der Waals surface area contributed by atoms with Gasteiger partial charge in [-0.3, -0.25) is 0 Å². The van der Waals surface area contributed by atoms with E-state index in [4.69, 9.17) is 4.74 Å². The summed E-state index contributed by atoms with van der Waals surface area (Å²) in [5.41, 5.74) is 6.80. The lowest BCUT2D eigenvalue weighted by Crippen LogP contribution is -2.04. The molecular weight excluding hydrogens is 232 g/mol. The highest BCUT2D eigenvalue weighted by molar-refractivity contribution is 5.70. The molecule has 0 saturated heterocycles. The Balaban J connectivity index is 2.13. The Kier molecular flexibility index (Phi) is 3.22. The van der Waals surface area contributed by atoms with E-state index in [1.807, 2.05) is 0 Å². The fourth-order valence-corrected chi connectivity index (χ4v) is 3.02. The van der Waals surface area contributed by atoms with Crippen molar-refractivity contribution in [3.8, 4) is 0 Å². The van der Waals surface area contributed by atoms with Crippen LogP contribution in [0.2, 0.25) is 0 Å². The molecule has 1 aliphatic carbocycles. The number of benzene rings is 2. The SMILES string of the molecule is COCc1cccc2c1C(c1ccccc1)C(C)=C2. The summed E-state index contributed by atoms with van der Waals surface area (Å²) in [6.45, 7) is 2.89. The molecule has 0 radical (unpaired) electrons. The van der Waals surface area contributed by atoms with Crippen molar-refractivity contribution in [3.05, 3.63) is 76.4 Å². The van der Waals surface area contributed by atoms with Crippen LogP contribution < -0.4 is 0 Å². The molecule has 0 saturated carbocycles. The molecule has 0 spiro atoms. The number of rotatable bonds is 3. The predicted molar refractivity (Wildman–Crippen MR) is 79.1 cm³/mol. The van der Waals surface area contributed by atoms with Gasteiger partial charge in [-0.2, -0.15) is 0 Å². The van der Waals surface area contributed by atoms with E-state index in [2.05, 4.69) is 61.5 Å². The molecule has 0 aromatic heterocycles. The number of ether oxygens (including phenoxy) is 1. The molecule has 0 bridgehead atoms. The van der Waals surface area contributed by atoms with Crippen molar-refractivity contribution < 1.29 is 4.74 Å². The first-order valence-corrected chi connectivity index (χ1v) is 6.65. The van der Waals surface area contributed by atoms with E-state index in [1.165, 1.54) is 27.8 Å². The lowest BCUT2D eigenvalue weighted by Gasteiger charge is -2.18. The van der Waals surface area contributed by atoms with Gasteiger partial charge in [0, 0.05) is 13.0 Å². The molecule has 0 heterocycles. The summed E-state index contributed by atoms with van der Waals surface area (Å²) >= 11 is 0. The highest BCUT2D eigenvalue weighted by Crippen LogP contribution is 2.42. The standard InChI is InChI=1S/C18H18O/c1-13-11-15-9-6-10-16(12-19-2)18(15)17(13)14-7-4-3-5-8-14/h3-11,17H,12H2,1-2H3. The third-order valence-electron chi connectivity index (χ3n) is 3.79. The maximum absolute atomic E-state index is 5.35. The average Bonchev–Trinajstić information content (AvgIpc) is 2.77. The highest BCUT2D eigenvalue weighted by Gasteiger charge is 2.26. The van der Waals surface area contributed by atoms with Crippen molar-refractivity contribution >= 4 is 6.08 Å². The van der Waals surface area contributed by atoms with Gasteiger partial charge in [0.25, 0.3) is 0 Å². The van der Waals surface area contributed by atoms with Crippen LogP contribution in [-0.4, -0.2) is 7.11 Å². The van der Waals surface area contributed by atoms with Gasteiger partial charge in [-0.1, -0.05) is 60.2 Å². The average molecular weight is 250 g/mol. The van der Waals surface area contributed by atoms with Gasteiger partial charge in [0.1, 0.15) is 0 Å². The zero-order chi connectivity index (χ0) is 13.2. The minimum absolute atomic E-state index is 0.377. The third kappa shape index (κ3) is 2.11. The van der Waals surface area contributed by atoms with Crippen molar-refractivity contribution in [2.45, 2.75) is 19.4 Å². The predicted octanol–water partition coefficient (Wildman–Crippen LogP) is 4.38. The van der Waals surface area contributed by atoms with E-state index in [0.717, 1.165) is 0 Å². The number of methoxy groups -OCH3 is 1. The summed E-state index contributed by atoms with van der Waals surface area (Å²) in [6, 6.07) is 17.2. The fourth-order valence-electron chi connectivity index (χ4n) is 3.02. The van der Waals surface area contributed by atoms with E-state index in [0.29, 0.717) is 12.5 Å². The van der Waals surface area contributed by atoms with Gasteiger partial charge in [0.15, 0.2) is 0 Å². The van der Waals surface area contributed by atoms with Gasteiger partial charge < -0.3 is 4.74 Å². The van der Waals surface area contributed by atoms with E-state index in [-0.39, 0.29) is 0 Å². The zero-order valence-corrected chi connectivity index (χ0v) is 11.4. The maximum Gasteiger partial charge on any atom is 0.0716 e. The molecule has 0 amide bonds. The quantitative estimate of drug-likeness (QED) is 0.785. The lowest BCUT2D eigenvalue weighted by atomic mass is 9.86. The van der Waals surface area contributed by atoms with Crippen molar-refractivity contribution in [2.24, 2.45) is 0 Å². The van der Waals surface area contributed by atoms with Gasteiger partial charge in [-0.25, -0.2) is 0 Å². The van der Waals surface area contributed by atoms with E-state index in [1.54, 1.807) is 7.11 Å². The van der Waals surface area contributed by atoms with Crippen LogP contribution in [0.3, 0.4) is 0 Å². The first kappa shape index (κ1) is 12.2. The molecule has 1 unspecified atom stereocenters. The van der Waals surface area contributed by atoms with Crippen LogP contribution in [0, 0.1) is 0 Å². The largest absolute Gasteiger partial charge is 0.380 e. The van der Waals surface area contributed by atoms with Crippen LogP contribution in [0.1, 0.15) is 35.1 Å². The monoisotopic (exact) mass is 250 g/mol. The van der Waals surface area contributed by atoms with Crippen LogP contribution in [0.15, 0.2) is 54.1 Å². The lowest BCUT2D eigenvalue weighted by molar-refractivity contribution is 0.184. The second kappa shape index (κ2) is 5.02. The summed E-state index contributed by atoms with van der Waals surface area (Å²) < 4.78 is 5.35. The molecule has 19 heavy (non-hydrogen) atoms. The Bertz CT molecular complexity index is 611. The van der Waals surface area contributed by atoms with E-state index in [9.17, 15) is 0 Å². The van der Waals surface area contributed by atoms with Crippen molar-refractivity contribution in [1.29, 1.82) is 0 Å². The van der Waals surface area contributed by atoms with Gasteiger partial charge >= 0.3 is 0 Å². The van der Waals surface area contributed by atoms with Gasteiger partial charge in [0.2, 0.25) is 0 Å². The van der Waals surface area contributed by atoms with Gasteiger partial charge in [-0.15, -0.1) is 0 Å². The Hall–Kier alpha value is -1.86. The van der Waals surface area contributed by atoms with Crippen molar-refractivity contribution in [1.82, 2.24) is 0 Å². The first-order valence-electron chi connectivity index (χ1n) is 6.65. The number of hydrogen-bond donors (Lipinski definition) is 0. The molecule has 1 aliphatic rings. The van der Waals surface area contributed by atoms with E-state index >= 15 is 0 Å². The summed E-state index contributed by atoms with van der Waals surface area (Å²) in [5.74, 6) is 0.377. The number of hydrogen-bond acceptors (Lipinski definition) is 1. The van der Waals surface area contributed by atoms with Gasteiger partial charge in [-0.05, 0) is 29.2 Å². The maximum atomic E-state index is 5.35. The second-order valence-electron chi connectivity index (χ2n) is 5.09. The summed E-state index contributed by atoms with van der Waals surface area (Å²) in [7, 11) is 1.76. The van der Waals surface area contributed by atoms with Crippen LogP contribution in [-0.2, 0) is 11.3 Å².